The Hall–Kier alpha value is -1.13. The number of hydrogen-bond donors (Lipinski definition) is 0. The summed E-state index contributed by atoms with van der Waals surface area (Å²) in [7, 11) is 0. The second-order valence-electron chi connectivity index (χ2n) is 1.89. The van der Waals surface area contributed by atoms with Crippen molar-refractivity contribution in [1.82, 2.24) is 9.97 Å². The molecule has 0 aliphatic carbocycles. The summed E-state index contributed by atoms with van der Waals surface area (Å²) in [6.45, 7) is 3.22. The number of halogens is 3. The summed E-state index contributed by atoms with van der Waals surface area (Å²) in [5.41, 5.74) is -0.996. The predicted molar refractivity (Wildman–Crippen MR) is 31.5 cm³/mol. The van der Waals surface area contributed by atoms with E-state index in [4.69, 9.17) is 0 Å². The Bertz CT molecular complexity index is 256. The lowest BCUT2D eigenvalue weighted by Gasteiger charge is -2.03. The lowest BCUT2D eigenvalue weighted by molar-refractivity contribution is -0.141. The van der Waals surface area contributed by atoms with Gasteiger partial charge in [0.2, 0.25) is 0 Å². The average molecular weight is 161 g/mol. The Morgan fingerprint density at radius 2 is 1.91 bits per heavy atom. The first-order valence-corrected chi connectivity index (χ1v) is 2.71. The maximum Gasteiger partial charge on any atom is 0.434 e. The van der Waals surface area contributed by atoms with Crippen LogP contribution >= 0.6 is 0 Å². The van der Waals surface area contributed by atoms with Crippen LogP contribution in [0.4, 0.5) is 13.2 Å². The van der Waals surface area contributed by atoms with Gasteiger partial charge in [-0.15, -0.1) is 0 Å². The summed E-state index contributed by atoms with van der Waals surface area (Å²) in [5.74, 6) is 0. The minimum atomic E-state index is -4.43. The van der Waals surface area contributed by atoms with E-state index in [2.05, 4.69) is 16.9 Å². The molecule has 0 saturated carbocycles. The predicted octanol–water partition coefficient (Wildman–Crippen LogP) is 1.68. The van der Waals surface area contributed by atoms with E-state index in [9.17, 15) is 13.2 Å². The van der Waals surface area contributed by atoms with Crippen LogP contribution in [-0.4, -0.2) is 9.97 Å². The van der Waals surface area contributed by atoms with E-state index in [1.807, 2.05) is 0 Å². The SMILES string of the molecule is [CH2]c1cncc(C(F)(F)F)n1. The van der Waals surface area contributed by atoms with Crippen LogP contribution in [-0.2, 0) is 6.18 Å². The minimum Gasteiger partial charge on any atom is -0.261 e. The third kappa shape index (κ3) is 1.89. The smallest absolute Gasteiger partial charge is 0.261 e. The summed E-state index contributed by atoms with van der Waals surface area (Å²) >= 11 is 0. The zero-order valence-corrected chi connectivity index (χ0v) is 5.39. The maximum absolute atomic E-state index is 11.8. The van der Waals surface area contributed by atoms with Crippen molar-refractivity contribution in [1.29, 1.82) is 0 Å². The van der Waals surface area contributed by atoms with Gasteiger partial charge in [0.15, 0.2) is 5.69 Å². The highest BCUT2D eigenvalue weighted by Crippen LogP contribution is 2.26. The average Bonchev–Trinajstić information content (AvgIpc) is 1.86. The third-order valence-corrected chi connectivity index (χ3v) is 0.975. The molecule has 1 heterocycles. The Balaban J connectivity index is 3.06. The Morgan fingerprint density at radius 3 is 2.27 bits per heavy atom. The first-order chi connectivity index (χ1) is 5.00. The summed E-state index contributed by atoms with van der Waals surface area (Å²) in [6, 6.07) is 0. The largest absolute Gasteiger partial charge is 0.434 e. The van der Waals surface area contributed by atoms with Crippen molar-refractivity contribution in [2.24, 2.45) is 0 Å². The molecular formula is C6H4F3N2. The molecule has 0 spiro atoms. The summed E-state index contributed by atoms with van der Waals surface area (Å²) in [4.78, 5) is 6.45. The molecule has 0 bridgehead atoms. The fourth-order valence-corrected chi connectivity index (χ4v) is 0.543. The van der Waals surface area contributed by atoms with Crippen molar-refractivity contribution >= 4 is 0 Å². The molecule has 0 atom stereocenters. The number of nitrogens with zero attached hydrogens (tertiary/aromatic N) is 2. The number of aromatic nitrogens is 2. The molecule has 11 heavy (non-hydrogen) atoms. The molecule has 1 radical (unpaired) electrons. The van der Waals surface area contributed by atoms with Crippen molar-refractivity contribution in [2.45, 2.75) is 6.18 Å². The Kier molecular flexibility index (Phi) is 1.80. The molecule has 0 fully saturated rings. The standard InChI is InChI=1S/C6H4F3N2/c1-4-2-10-3-5(11-4)6(7,8)9/h2-3H,1H2. The van der Waals surface area contributed by atoms with Crippen LogP contribution in [0.15, 0.2) is 12.4 Å². The van der Waals surface area contributed by atoms with E-state index in [1.165, 1.54) is 0 Å². The van der Waals surface area contributed by atoms with E-state index in [0.717, 1.165) is 6.20 Å². The topological polar surface area (TPSA) is 25.8 Å². The molecule has 1 aromatic rings. The van der Waals surface area contributed by atoms with Gasteiger partial charge in [-0.2, -0.15) is 13.2 Å². The molecule has 0 aromatic carbocycles. The zero-order valence-electron chi connectivity index (χ0n) is 5.39. The molecule has 0 saturated heterocycles. The van der Waals surface area contributed by atoms with E-state index in [0.29, 0.717) is 6.20 Å². The van der Waals surface area contributed by atoms with Crippen molar-refractivity contribution < 1.29 is 13.2 Å². The van der Waals surface area contributed by atoms with Crippen LogP contribution < -0.4 is 0 Å². The molecule has 1 rings (SSSR count). The zero-order chi connectivity index (χ0) is 8.48. The minimum absolute atomic E-state index is 0.0137. The Morgan fingerprint density at radius 1 is 1.27 bits per heavy atom. The lowest BCUT2D eigenvalue weighted by Crippen LogP contribution is -2.08. The van der Waals surface area contributed by atoms with E-state index < -0.39 is 11.9 Å². The number of hydrogen-bond acceptors (Lipinski definition) is 2. The maximum atomic E-state index is 11.8. The highest BCUT2D eigenvalue weighted by Gasteiger charge is 2.32. The molecule has 0 amide bonds. The van der Waals surface area contributed by atoms with E-state index in [-0.39, 0.29) is 5.69 Å². The van der Waals surface area contributed by atoms with Gasteiger partial charge in [-0.05, 0) is 6.92 Å². The normalized spacial score (nSPS) is 11.6. The van der Waals surface area contributed by atoms with Crippen molar-refractivity contribution in [2.75, 3.05) is 0 Å². The van der Waals surface area contributed by atoms with Gasteiger partial charge in [0.05, 0.1) is 11.9 Å². The summed E-state index contributed by atoms with van der Waals surface area (Å²) in [6.07, 6.45) is -2.61. The highest BCUT2D eigenvalue weighted by atomic mass is 19.4. The second kappa shape index (κ2) is 2.48. The third-order valence-electron chi connectivity index (χ3n) is 0.975. The van der Waals surface area contributed by atoms with Crippen LogP contribution in [0.3, 0.4) is 0 Å². The van der Waals surface area contributed by atoms with Gasteiger partial charge in [0, 0.05) is 6.20 Å². The fraction of sp³-hybridized carbons (Fsp3) is 0.167. The Labute approximate surface area is 61.1 Å². The molecule has 59 valence electrons. The second-order valence-corrected chi connectivity index (χ2v) is 1.89. The first-order valence-electron chi connectivity index (χ1n) is 2.71. The molecule has 0 unspecified atom stereocenters. The van der Waals surface area contributed by atoms with Crippen molar-refractivity contribution in [3.05, 3.63) is 30.7 Å². The molecule has 0 aliphatic heterocycles. The molecular weight excluding hydrogens is 157 g/mol. The molecule has 5 heteroatoms. The fourth-order valence-electron chi connectivity index (χ4n) is 0.543. The molecule has 1 aromatic heterocycles. The molecule has 0 aliphatic rings. The van der Waals surface area contributed by atoms with Crippen LogP contribution in [0.5, 0.6) is 0 Å². The van der Waals surface area contributed by atoms with Crippen molar-refractivity contribution in [3.63, 3.8) is 0 Å². The van der Waals surface area contributed by atoms with Crippen molar-refractivity contribution in [3.8, 4) is 0 Å². The monoisotopic (exact) mass is 161 g/mol. The molecule has 2 nitrogen and oxygen atoms in total. The van der Waals surface area contributed by atoms with Gasteiger partial charge >= 0.3 is 6.18 Å². The summed E-state index contributed by atoms with van der Waals surface area (Å²) < 4.78 is 35.5. The van der Waals surface area contributed by atoms with E-state index in [1.54, 1.807) is 0 Å². The van der Waals surface area contributed by atoms with Gasteiger partial charge in [-0.3, -0.25) is 4.98 Å². The number of alkyl halides is 3. The van der Waals surface area contributed by atoms with Crippen LogP contribution in [0.2, 0.25) is 0 Å². The van der Waals surface area contributed by atoms with Gasteiger partial charge in [0.25, 0.3) is 0 Å². The summed E-state index contributed by atoms with van der Waals surface area (Å²) in [5, 5.41) is 0. The van der Waals surface area contributed by atoms with Gasteiger partial charge in [0.1, 0.15) is 0 Å². The lowest BCUT2D eigenvalue weighted by atomic mass is 10.4. The van der Waals surface area contributed by atoms with Crippen LogP contribution in [0, 0.1) is 6.92 Å². The van der Waals surface area contributed by atoms with Gasteiger partial charge < -0.3 is 0 Å². The highest BCUT2D eigenvalue weighted by molar-refractivity contribution is 5.07. The van der Waals surface area contributed by atoms with Gasteiger partial charge in [-0.25, -0.2) is 4.98 Å². The number of rotatable bonds is 0. The first kappa shape index (κ1) is 7.97. The van der Waals surface area contributed by atoms with Gasteiger partial charge in [-0.1, -0.05) is 0 Å². The molecule has 0 N–H and O–H groups in total. The quantitative estimate of drug-likeness (QED) is 0.578. The van der Waals surface area contributed by atoms with Crippen LogP contribution in [0.1, 0.15) is 11.4 Å². The van der Waals surface area contributed by atoms with Crippen LogP contribution in [0.25, 0.3) is 0 Å². The van der Waals surface area contributed by atoms with E-state index >= 15 is 0 Å².